The van der Waals surface area contributed by atoms with Crippen molar-refractivity contribution in [3.63, 3.8) is 0 Å². The van der Waals surface area contributed by atoms with Crippen LogP contribution < -0.4 is 0 Å². The molecule has 2 heterocycles. The quantitative estimate of drug-likeness (QED) is 0.728. The molecule has 1 atom stereocenters. The number of fused-ring (bicyclic) bond motifs is 1. The van der Waals surface area contributed by atoms with Crippen LogP contribution in [0.2, 0.25) is 5.02 Å². The maximum absolute atomic E-state index is 12.8. The predicted molar refractivity (Wildman–Crippen MR) is 121 cm³/mol. The molecule has 0 bridgehead atoms. The van der Waals surface area contributed by atoms with E-state index in [2.05, 4.69) is 10.0 Å². The summed E-state index contributed by atoms with van der Waals surface area (Å²) in [4.78, 5) is 14.4. The lowest BCUT2D eigenvalue weighted by atomic mass is 10.1. The van der Waals surface area contributed by atoms with Gasteiger partial charge in [0.25, 0.3) is 5.91 Å². The molecule has 0 aromatic heterocycles. The molecule has 31 heavy (non-hydrogen) atoms. The van der Waals surface area contributed by atoms with Gasteiger partial charge in [-0.15, -0.1) is 0 Å². The van der Waals surface area contributed by atoms with Crippen LogP contribution >= 0.6 is 11.6 Å². The molecule has 7 nitrogen and oxygen atoms in total. The molecule has 0 saturated carbocycles. The van der Waals surface area contributed by atoms with Crippen molar-refractivity contribution in [2.75, 3.05) is 45.0 Å². The molecule has 2 aliphatic rings. The number of aliphatic hydroxyl groups is 1. The Balaban J connectivity index is 1.37. The molecule has 0 aliphatic carbocycles. The van der Waals surface area contributed by atoms with Crippen molar-refractivity contribution in [1.29, 1.82) is 0 Å². The van der Waals surface area contributed by atoms with Crippen LogP contribution in [-0.4, -0.2) is 85.5 Å². The van der Waals surface area contributed by atoms with Crippen LogP contribution in [0.5, 0.6) is 0 Å². The maximum Gasteiger partial charge on any atom is 0.252 e. The zero-order chi connectivity index (χ0) is 22.0. The smallest absolute Gasteiger partial charge is 0.252 e. The summed E-state index contributed by atoms with van der Waals surface area (Å²) < 4.78 is 25.7. The van der Waals surface area contributed by atoms with Crippen LogP contribution in [0.3, 0.4) is 0 Å². The lowest BCUT2D eigenvalue weighted by Crippen LogP contribution is -2.57. The van der Waals surface area contributed by atoms with Crippen molar-refractivity contribution in [2.45, 2.75) is 30.3 Å². The number of halogens is 1. The fraction of sp³-hybridized carbons (Fsp3) is 0.500. The minimum atomic E-state index is -3.82. The number of hydrogen-bond donors (Lipinski definition) is 1. The standard InChI is InChI=1S/C22H28ClN3O4S/c23-19-6-4-18-15-20(7-5-17(18)14-19)31(29,30)16-21(27)22(28)24-10-12-26(13-11-24)25-8-2-1-3-9-25/h4-7,14-15,21,27H,1-3,8-13,16H2/t21-/m1/s1. The molecule has 0 spiro atoms. The number of sulfone groups is 1. The van der Waals surface area contributed by atoms with Crippen LogP contribution in [0.15, 0.2) is 41.3 Å². The van der Waals surface area contributed by atoms with Crippen molar-refractivity contribution in [3.05, 3.63) is 41.4 Å². The number of nitrogens with zero attached hydrogens (tertiary/aromatic N) is 3. The zero-order valence-electron chi connectivity index (χ0n) is 17.4. The second kappa shape index (κ2) is 9.42. The molecule has 2 aliphatic heterocycles. The highest BCUT2D eigenvalue weighted by Gasteiger charge is 2.31. The summed E-state index contributed by atoms with van der Waals surface area (Å²) in [6.07, 6.45) is 2.07. The van der Waals surface area contributed by atoms with Crippen LogP contribution in [0.1, 0.15) is 19.3 Å². The normalized spacial score (nSPS) is 20.1. The summed E-state index contributed by atoms with van der Waals surface area (Å²) in [6, 6.07) is 9.93. The van der Waals surface area contributed by atoms with E-state index in [-0.39, 0.29) is 4.90 Å². The minimum absolute atomic E-state index is 0.0871. The fourth-order valence-electron chi connectivity index (χ4n) is 4.33. The monoisotopic (exact) mass is 465 g/mol. The van der Waals surface area contributed by atoms with E-state index in [1.54, 1.807) is 35.2 Å². The molecule has 2 aromatic carbocycles. The predicted octanol–water partition coefficient (Wildman–Crippen LogP) is 2.17. The topological polar surface area (TPSA) is 81.2 Å². The molecule has 9 heteroatoms. The van der Waals surface area contributed by atoms with E-state index in [9.17, 15) is 18.3 Å². The molecule has 0 radical (unpaired) electrons. The van der Waals surface area contributed by atoms with Gasteiger partial charge in [-0.3, -0.25) is 4.79 Å². The zero-order valence-corrected chi connectivity index (χ0v) is 19.0. The van der Waals surface area contributed by atoms with Gasteiger partial charge in [-0.1, -0.05) is 30.2 Å². The number of rotatable bonds is 5. The first-order valence-corrected chi connectivity index (χ1v) is 12.8. The first-order valence-electron chi connectivity index (χ1n) is 10.7. The fourth-order valence-corrected chi connectivity index (χ4v) is 5.85. The Morgan fingerprint density at radius 2 is 1.52 bits per heavy atom. The summed E-state index contributed by atoms with van der Waals surface area (Å²) in [5.74, 6) is -1.15. The Hall–Kier alpha value is -1.71. The second-order valence-corrected chi connectivity index (χ2v) is 10.7. The van der Waals surface area contributed by atoms with Crippen molar-refractivity contribution in [1.82, 2.24) is 14.9 Å². The molecule has 2 aromatic rings. The van der Waals surface area contributed by atoms with Gasteiger partial charge in [-0.2, -0.15) is 0 Å². The van der Waals surface area contributed by atoms with E-state index in [0.717, 1.165) is 23.9 Å². The molecule has 2 fully saturated rings. The lowest BCUT2D eigenvalue weighted by molar-refractivity contribution is -0.145. The number of carbonyl (C=O) groups is 1. The van der Waals surface area contributed by atoms with E-state index in [1.807, 2.05) is 0 Å². The Labute approximate surface area is 188 Å². The number of benzene rings is 2. The third-order valence-corrected chi connectivity index (χ3v) is 8.06. The number of hydrogen-bond acceptors (Lipinski definition) is 6. The van der Waals surface area contributed by atoms with Crippen molar-refractivity contribution in [3.8, 4) is 0 Å². The maximum atomic E-state index is 12.8. The molecule has 168 valence electrons. The minimum Gasteiger partial charge on any atom is -0.382 e. The lowest BCUT2D eigenvalue weighted by Gasteiger charge is -2.43. The van der Waals surface area contributed by atoms with Gasteiger partial charge in [-0.05, 0) is 47.9 Å². The molecule has 0 unspecified atom stereocenters. The molecule has 2 saturated heterocycles. The summed E-state index contributed by atoms with van der Waals surface area (Å²) in [7, 11) is -3.82. The van der Waals surface area contributed by atoms with Gasteiger partial charge in [0, 0.05) is 44.3 Å². The summed E-state index contributed by atoms with van der Waals surface area (Å²) in [5, 5.41) is 17.2. The van der Waals surface area contributed by atoms with E-state index in [4.69, 9.17) is 11.6 Å². The Kier molecular flexibility index (Phi) is 6.83. The number of hydrazine groups is 1. The average molecular weight is 466 g/mol. The van der Waals surface area contributed by atoms with E-state index in [0.29, 0.717) is 31.2 Å². The summed E-state index contributed by atoms with van der Waals surface area (Å²) in [5.41, 5.74) is 0. The van der Waals surface area contributed by atoms with Gasteiger partial charge in [0.2, 0.25) is 0 Å². The third kappa shape index (κ3) is 5.21. The van der Waals surface area contributed by atoms with E-state index >= 15 is 0 Å². The number of aliphatic hydroxyl groups excluding tert-OH is 1. The first-order chi connectivity index (χ1) is 14.8. The highest BCUT2D eigenvalue weighted by atomic mass is 35.5. The third-order valence-electron chi connectivity index (χ3n) is 6.10. The Morgan fingerprint density at radius 1 is 0.903 bits per heavy atom. The van der Waals surface area contributed by atoms with E-state index < -0.39 is 27.6 Å². The van der Waals surface area contributed by atoms with Gasteiger partial charge in [0.15, 0.2) is 9.84 Å². The van der Waals surface area contributed by atoms with Crippen LogP contribution in [0.4, 0.5) is 0 Å². The summed E-state index contributed by atoms with van der Waals surface area (Å²) in [6.45, 7) is 4.49. The van der Waals surface area contributed by atoms with E-state index in [1.165, 1.54) is 25.3 Å². The highest BCUT2D eigenvalue weighted by Crippen LogP contribution is 2.24. The molecule has 4 rings (SSSR count). The van der Waals surface area contributed by atoms with Crippen molar-refractivity contribution in [2.24, 2.45) is 0 Å². The molecule has 1 N–H and O–H groups in total. The SMILES string of the molecule is O=C([C@H](O)CS(=O)(=O)c1ccc2cc(Cl)ccc2c1)N1CCN(N2CCCCC2)CC1. The first kappa shape index (κ1) is 22.5. The van der Waals surface area contributed by atoms with Crippen LogP contribution in [-0.2, 0) is 14.6 Å². The molecular weight excluding hydrogens is 438 g/mol. The van der Waals surface area contributed by atoms with Crippen LogP contribution in [0.25, 0.3) is 10.8 Å². The molecule has 1 amide bonds. The largest absolute Gasteiger partial charge is 0.382 e. The van der Waals surface area contributed by atoms with Crippen molar-refractivity contribution < 1.29 is 18.3 Å². The van der Waals surface area contributed by atoms with Crippen molar-refractivity contribution >= 4 is 38.1 Å². The van der Waals surface area contributed by atoms with Gasteiger partial charge in [0.05, 0.1) is 10.6 Å². The number of carbonyl (C=O) groups excluding carboxylic acids is 1. The van der Waals surface area contributed by atoms with Crippen LogP contribution in [0, 0.1) is 0 Å². The molecular formula is C22H28ClN3O4S. The Bertz CT molecular complexity index is 1050. The summed E-state index contributed by atoms with van der Waals surface area (Å²) >= 11 is 5.98. The number of piperazine rings is 1. The number of piperidine rings is 1. The highest BCUT2D eigenvalue weighted by molar-refractivity contribution is 7.91. The van der Waals surface area contributed by atoms with Gasteiger partial charge in [-0.25, -0.2) is 18.4 Å². The number of amides is 1. The average Bonchev–Trinajstić information content (AvgIpc) is 2.78. The van der Waals surface area contributed by atoms with Gasteiger partial charge < -0.3 is 10.0 Å². The van der Waals surface area contributed by atoms with Gasteiger partial charge in [0.1, 0.15) is 6.10 Å². The Morgan fingerprint density at radius 3 is 2.23 bits per heavy atom. The van der Waals surface area contributed by atoms with Gasteiger partial charge >= 0.3 is 0 Å². The second-order valence-electron chi connectivity index (χ2n) is 8.24.